The van der Waals surface area contributed by atoms with Gasteiger partial charge in [-0.2, -0.15) is 0 Å². The van der Waals surface area contributed by atoms with Gasteiger partial charge >= 0.3 is 0 Å². The number of nitrogen functional groups attached to an aromatic ring is 1. The summed E-state index contributed by atoms with van der Waals surface area (Å²) in [5, 5.41) is 0.685. The summed E-state index contributed by atoms with van der Waals surface area (Å²) >= 11 is 1.62. The number of likely N-dealkylation sites (tertiary alicyclic amines) is 1. The molecule has 0 amide bonds. The molecule has 100 valence electrons. The fraction of sp³-hybridized carbons (Fsp3) is 0.769. The molecule has 1 unspecified atom stereocenters. The largest absolute Gasteiger partial charge is 0.381 e. The lowest BCUT2D eigenvalue weighted by molar-refractivity contribution is 0.0478. The van der Waals surface area contributed by atoms with Crippen LogP contribution in [0.25, 0.3) is 0 Å². The summed E-state index contributed by atoms with van der Waals surface area (Å²) in [6, 6.07) is 0. The molecule has 0 aliphatic carbocycles. The van der Waals surface area contributed by atoms with E-state index in [1.165, 1.54) is 37.2 Å². The molecule has 1 atom stereocenters. The van der Waals surface area contributed by atoms with Crippen molar-refractivity contribution in [2.24, 2.45) is 11.8 Å². The van der Waals surface area contributed by atoms with E-state index in [2.05, 4.69) is 9.88 Å². The first-order chi connectivity index (χ1) is 8.81. The maximum absolute atomic E-state index is 5.67. The normalized spacial score (nSPS) is 26.8. The first kappa shape index (κ1) is 12.4. The molecule has 0 spiro atoms. The summed E-state index contributed by atoms with van der Waals surface area (Å²) in [5.74, 6) is 1.76. The van der Waals surface area contributed by atoms with E-state index in [9.17, 15) is 0 Å². The number of nitrogens with two attached hydrogens (primary N) is 1. The number of hydrogen-bond donors (Lipinski definition) is 1. The third-order valence-electron chi connectivity index (χ3n) is 4.19. The molecule has 0 aromatic carbocycles. The first-order valence-corrected chi connectivity index (χ1v) is 7.63. The van der Waals surface area contributed by atoms with Crippen LogP contribution in [0.15, 0.2) is 6.20 Å². The molecule has 2 fully saturated rings. The molecule has 2 N–H and O–H groups in total. The SMILES string of the molecule is Nc1ncc(CN2CCC(C3CCOCC3)C2)s1. The second kappa shape index (κ2) is 5.55. The van der Waals surface area contributed by atoms with Gasteiger partial charge in [-0.05, 0) is 37.6 Å². The molecule has 0 saturated carbocycles. The number of rotatable bonds is 3. The van der Waals surface area contributed by atoms with Gasteiger partial charge in [-0.1, -0.05) is 0 Å². The number of thiazole rings is 1. The number of hydrogen-bond acceptors (Lipinski definition) is 5. The minimum atomic E-state index is 0.685. The lowest BCUT2D eigenvalue weighted by atomic mass is 9.85. The van der Waals surface area contributed by atoms with Crippen LogP contribution in [0.5, 0.6) is 0 Å². The van der Waals surface area contributed by atoms with Gasteiger partial charge in [-0.3, -0.25) is 4.90 Å². The highest BCUT2D eigenvalue weighted by Crippen LogP contribution is 2.32. The molecule has 0 bridgehead atoms. The molecule has 18 heavy (non-hydrogen) atoms. The summed E-state index contributed by atoms with van der Waals surface area (Å²) < 4.78 is 5.45. The van der Waals surface area contributed by atoms with Gasteiger partial charge in [-0.15, -0.1) is 11.3 Å². The van der Waals surface area contributed by atoms with E-state index < -0.39 is 0 Å². The first-order valence-electron chi connectivity index (χ1n) is 6.81. The van der Waals surface area contributed by atoms with Crippen LogP contribution >= 0.6 is 11.3 Å². The van der Waals surface area contributed by atoms with Gasteiger partial charge in [0.1, 0.15) is 0 Å². The van der Waals surface area contributed by atoms with E-state index >= 15 is 0 Å². The highest BCUT2D eigenvalue weighted by molar-refractivity contribution is 7.15. The van der Waals surface area contributed by atoms with Crippen molar-refractivity contribution in [3.63, 3.8) is 0 Å². The molecule has 3 heterocycles. The van der Waals surface area contributed by atoms with Gasteiger partial charge in [0.2, 0.25) is 0 Å². The van der Waals surface area contributed by atoms with Crippen LogP contribution in [0.3, 0.4) is 0 Å². The maximum atomic E-state index is 5.67. The average Bonchev–Trinajstić information content (AvgIpc) is 3.01. The van der Waals surface area contributed by atoms with Crippen molar-refractivity contribution < 1.29 is 4.74 Å². The molecule has 0 radical (unpaired) electrons. The van der Waals surface area contributed by atoms with Gasteiger partial charge in [0.25, 0.3) is 0 Å². The van der Waals surface area contributed by atoms with Crippen LogP contribution in [0.2, 0.25) is 0 Å². The van der Waals surface area contributed by atoms with Crippen molar-refractivity contribution in [3.8, 4) is 0 Å². The molecule has 3 rings (SSSR count). The van der Waals surface area contributed by atoms with E-state index in [0.717, 1.165) is 31.6 Å². The Balaban J connectivity index is 1.51. The second-order valence-electron chi connectivity index (χ2n) is 5.40. The second-order valence-corrected chi connectivity index (χ2v) is 6.55. The van der Waals surface area contributed by atoms with Gasteiger partial charge < -0.3 is 10.5 Å². The monoisotopic (exact) mass is 267 g/mol. The van der Waals surface area contributed by atoms with Crippen LogP contribution in [-0.2, 0) is 11.3 Å². The summed E-state index contributed by atoms with van der Waals surface area (Å²) in [6.45, 7) is 5.41. The fourth-order valence-corrected chi connectivity index (χ4v) is 3.92. The Kier molecular flexibility index (Phi) is 3.82. The summed E-state index contributed by atoms with van der Waals surface area (Å²) in [7, 11) is 0. The highest BCUT2D eigenvalue weighted by atomic mass is 32.1. The topological polar surface area (TPSA) is 51.4 Å². The van der Waals surface area contributed by atoms with Gasteiger partial charge in [-0.25, -0.2) is 4.98 Å². The molecular weight excluding hydrogens is 246 g/mol. The fourth-order valence-electron chi connectivity index (χ4n) is 3.19. The van der Waals surface area contributed by atoms with E-state index in [1.807, 2.05) is 6.20 Å². The number of anilines is 1. The van der Waals surface area contributed by atoms with E-state index in [-0.39, 0.29) is 0 Å². The van der Waals surface area contributed by atoms with Crippen LogP contribution in [-0.4, -0.2) is 36.2 Å². The minimum Gasteiger partial charge on any atom is -0.381 e. The van der Waals surface area contributed by atoms with Crippen LogP contribution < -0.4 is 5.73 Å². The molecule has 5 heteroatoms. The molecule has 1 aromatic rings. The number of aromatic nitrogens is 1. The van der Waals surface area contributed by atoms with Crippen molar-refractivity contribution in [2.75, 3.05) is 32.0 Å². The molecular formula is C13H21N3OS. The third kappa shape index (κ3) is 2.84. The van der Waals surface area contributed by atoms with Crippen molar-refractivity contribution >= 4 is 16.5 Å². The molecule has 2 aliphatic heterocycles. The molecule has 4 nitrogen and oxygen atoms in total. The summed E-state index contributed by atoms with van der Waals surface area (Å²) in [5.41, 5.74) is 5.67. The predicted octanol–water partition coefficient (Wildman–Crippen LogP) is 1.97. The van der Waals surface area contributed by atoms with E-state index in [4.69, 9.17) is 10.5 Å². The Morgan fingerprint density at radius 3 is 2.89 bits per heavy atom. The smallest absolute Gasteiger partial charge is 0.180 e. The zero-order valence-electron chi connectivity index (χ0n) is 10.7. The zero-order chi connectivity index (χ0) is 12.4. The van der Waals surface area contributed by atoms with Crippen molar-refractivity contribution in [2.45, 2.75) is 25.8 Å². The lowest BCUT2D eigenvalue weighted by Gasteiger charge is -2.27. The van der Waals surface area contributed by atoms with Crippen LogP contribution in [0.1, 0.15) is 24.1 Å². The third-order valence-corrected chi connectivity index (χ3v) is 5.00. The van der Waals surface area contributed by atoms with Gasteiger partial charge in [0.05, 0.1) is 0 Å². The predicted molar refractivity (Wildman–Crippen MR) is 73.5 cm³/mol. The minimum absolute atomic E-state index is 0.685. The Morgan fingerprint density at radius 2 is 2.17 bits per heavy atom. The standard InChI is InChI=1S/C13H21N3OS/c14-13-15-7-12(18-13)9-16-4-1-11(8-16)10-2-5-17-6-3-10/h7,10-11H,1-6,8-9H2,(H2,14,15). The Bertz CT molecular complexity index is 389. The summed E-state index contributed by atoms with van der Waals surface area (Å²) in [6.07, 6.45) is 5.78. The van der Waals surface area contributed by atoms with Crippen molar-refractivity contribution in [1.29, 1.82) is 0 Å². The van der Waals surface area contributed by atoms with Crippen LogP contribution in [0, 0.1) is 11.8 Å². The number of nitrogens with zero attached hydrogens (tertiary/aromatic N) is 2. The van der Waals surface area contributed by atoms with Crippen molar-refractivity contribution in [3.05, 3.63) is 11.1 Å². The van der Waals surface area contributed by atoms with Crippen molar-refractivity contribution in [1.82, 2.24) is 9.88 Å². The Morgan fingerprint density at radius 1 is 1.33 bits per heavy atom. The molecule has 2 aliphatic rings. The quantitative estimate of drug-likeness (QED) is 0.910. The lowest BCUT2D eigenvalue weighted by Crippen LogP contribution is -2.26. The Labute approximate surface area is 112 Å². The van der Waals surface area contributed by atoms with E-state index in [1.54, 1.807) is 11.3 Å². The highest BCUT2D eigenvalue weighted by Gasteiger charge is 2.30. The van der Waals surface area contributed by atoms with Gasteiger partial charge in [0, 0.05) is 37.4 Å². The van der Waals surface area contributed by atoms with Gasteiger partial charge in [0.15, 0.2) is 5.13 Å². The summed E-state index contributed by atoms with van der Waals surface area (Å²) in [4.78, 5) is 7.96. The molecule has 1 aromatic heterocycles. The zero-order valence-corrected chi connectivity index (χ0v) is 11.5. The number of ether oxygens (including phenoxy) is 1. The van der Waals surface area contributed by atoms with E-state index in [0.29, 0.717) is 5.13 Å². The molecule has 2 saturated heterocycles. The Hall–Kier alpha value is -0.650. The maximum Gasteiger partial charge on any atom is 0.180 e. The average molecular weight is 267 g/mol. The van der Waals surface area contributed by atoms with Crippen LogP contribution in [0.4, 0.5) is 5.13 Å².